The van der Waals surface area contributed by atoms with Gasteiger partial charge < -0.3 is 20.1 Å². The zero-order valence-electron chi connectivity index (χ0n) is 16.4. The second kappa shape index (κ2) is 9.89. The van der Waals surface area contributed by atoms with Crippen molar-refractivity contribution in [2.45, 2.75) is 34.1 Å². The van der Waals surface area contributed by atoms with Crippen LogP contribution in [0.5, 0.6) is 5.75 Å². The Morgan fingerprint density at radius 2 is 1.89 bits per heavy atom. The number of ether oxygens (including phenoxy) is 2. The van der Waals surface area contributed by atoms with Gasteiger partial charge in [0.25, 0.3) is 5.91 Å². The van der Waals surface area contributed by atoms with Crippen molar-refractivity contribution in [3.63, 3.8) is 0 Å². The van der Waals surface area contributed by atoms with Crippen LogP contribution in [-0.2, 0) is 20.7 Å². The lowest BCUT2D eigenvalue weighted by molar-refractivity contribution is -0.118. The smallest absolute Gasteiger partial charge is 0.341 e. The number of thiophene rings is 1. The van der Waals surface area contributed by atoms with Crippen LogP contribution in [0.1, 0.15) is 41.6 Å². The first-order chi connectivity index (χ1) is 13.3. The summed E-state index contributed by atoms with van der Waals surface area (Å²) >= 11 is 1.36. The van der Waals surface area contributed by atoms with Gasteiger partial charge in [-0.3, -0.25) is 9.59 Å². The maximum absolute atomic E-state index is 12.3. The van der Waals surface area contributed by atoms with Crippen LogP contribution < -0.4 is 15.4 Å². The molecule has 8 heteroatoms. The lowest BCUT2D eigenvalue weighted by Crippen LogP contribution is -2.21. The molecule has 0 unspecified atom stereocenters. The molecule has 2 aromatic rings. The van der Waals surface area contributed by atoms with Gasteiger partial charge in [0.15, 0.2) is 6.61 Å². The first-order valence-corrected chi connectivity index (χ1v) is 9.77. The van der Waals surface area contributed by atoms with E-state index < -0.39 is 5.97 Å². The van der Waals surface area contributed by atoms with Crippen LogP contribution in [0.25, 0.3) is 0 Å². The number of esters is 1. The highest BCUT2D eigenvalue weighted by molar-refractivity contribution is 7.17. The summed E-state index contributed by atoms with van der Waals surface area (Å²) in [7, 11) is 0. The van der Waals surface area contributed by atoms with Crippen molar-refractivity contribution in [3.8, 4) is 5.75 Å². The van der Waals surface area contributed by atoms with E-state index in [4.69, 9.17) is 9.47 Å². The average Bonchev–Trinajstić information content (AvgIpc) is 2.95. The zero-order chi connectivity index (χ0) is 20.7. The van der Waals surface area contributed by atoms with E-state index in [0.29, 0.717) is 22.0 Å². The number of nitrogens with one attached hydrogen (secondary N) is 2. The van der Waals surface area contributed by atoms with E-state index in [1.54, 1.807) is 31.2 Å². The molecule has 0 aliphatic heterocycles. The van der Waals surface area contributed by atoms with Gasteiger partial charge in [0, 0.05) is 23.6 Å². The lowest BCUT2D eigenvalue weighted by atomic mass is 10.1. The Balaban J connectivity index is 2.07. The predicted molar refractivity (Wildman–Crippen MR) is 109 cm³/mol. The zero-order valence-corrected chi connectivity index (χ0v) is 17.2. The van der Waals surface area contributed by atoms with Crippen molar-refractivity contribution in [1.82, 2.24) is 0 Å². The highest BCUT2D eigenvalue weighted by Crippen LogP contribution is 2.34. The number of carbonyl (C=O) groups is 3. The van der Waals surface area contributed by atoms with Gasteiger partial charge in [-0.15, -0.1) is 11.3 Å². The van der Waals surface area contributed by atoms with Crippen LogP contribution in [-0.4, -0.2) is 31.0 Å². The fraction of sp³-hybridized carbons (Fsp3) is 0.350. The third-order valence-corrected chi connectivity index (χ3v) is 5.18. The molecule has 0 fully saturated rings. The molecule has 2 amide bonds. The Kier molecular flexibility index (Phi) is 7.57. The molecule has 0 spiro atoms. The lowest BCUT2D eigenvalue weighted by Gasteiger charge is -2.09. The number of anilines is 2. The Bertz CT molecular complexity index is 875. The Labute approximate surface area is 168 Å². The number of aryl methyl sites for hydroxylation is 1. The third-order valence-electron chi connectivity index (χ3n) is 3.82. The summed E-state index contributed by atoms with van der Waals surface area (Å²) in [4.78, 5) is 36.8. The van der Waals surface area contributed by atoms with Gasteiger partial charge in [-0.1, -0.05) is 13.0 Å². The molecule has 7 nitrogen and oxygen atoms in total. The summed E-state index contributed by atoms with van der Waals surface area (Å²) in [5.74, 6) is -0.584. The molecule has 1 aromatic heterocycles. The first-order valence-electron chi connectivity index (χ1n) is 8.95. The molecule has 2 N–H and O–H groups in total. The number of hydrogen-bond donors (Lipinski definition) is 2. The first kappa shape index (κ1) is 21.4. The van der Waals surface area contributed by atoms with Crippen molar-refractivity contribution in [1.29, 1.82) is 0 Å². The number of benzene rings is 1. The molecule has 0 radical (unpaired) electrons. The maximum atomic E-state index is 12.3. The molecule has 1 heterocycles. The minimum absolute atomic E-state index is 0.193. The summed E-state index contributed by atoms with van der Waals surface area (Å²) in [5.41, 5.74) is 1.80. The molecule has 0 atom stereocenters. The van der Waals surface area contributed by atoms with E-state index in [-0.39, 0.29) is 25.0 Å². The van der Waals surface area contributed by atoms with Crippen LogP contribution >= 0.6 is 11.3 Å². The number of hydrogen-bond acceptors (Lipinski definition) is 6. The van der Waals surface area contributed by atoms with Gasteiger partial charge in [0.05, 0.1) is 12.2 Å². The molecular formula is C20H24N2O5S. The summed E-state index contributed by atoms with van der Waals surface area (Å²) in [5, 5.41) is 5.86. The van der Waals surface area contributed by atoms with Crippen molar-refractivity contribution >= 4 is 39.8 Å². The Hall–Kier alpha value is -2.87. The molecule has 0 saturated heterocycles. The van der Waals surface area contributed by atoms with Crippen LogP contribution in [0.2, 0.25) is 0 Å². The minimum Gasteiger partial charge on any atom is -0.484 e. The molecule has 150 valence electrons. The Morgan fingerprint density at radius 1 is 1.14 bits per heavy atom. The van der Waals surface area contributed by atoms with Crippen LogP contribution in [0, 0.1) is 6.92 Å². The normalized spacial score (nSPS) is 10.3. The van der Waals surface area contributed by atoms with Gasteiger partial charge in [-0.2, -0.15) is 0 Å². The van der Waals surface area contributed by atoms with E-state index in [1.807, 2.05) is 13.8 Å². The maximum Gasteiger partial charge on any atom is 0.341 e. The summed E-state index contributed by atoms with van der Waals surface area (Å²) < 4.78 is 10.6. The van der Waals surface area contributed by atoms with Crippen molar-refractivity contribution in [3.05, 3.63) is 40.3 Å². The van der Waals surface area contributed by atoms with Crippen molar-refractivity contribution < 1.29 is 23.9 Å². The largest absolute Gasteiger partial charge is 0.484 e. The van der Waals surface area contributed by atoms with Crippen LogP contribution in [0.15, 0.2) is 24.3 Å². The molecule has 0 saturated carbocycles. The van der Waals surface area contributed by atoms with Gasteiger partial charge in [0.1, 0.15) is 10.8 Å². The number of rotatable bonds is 8. The highest BCUT2D eigenvalue weighted by atomic mass is 32.1. The van der Waals surface area contributed by atoms with Crippen molar-refractivity contribution in [2.24, 2.45) is 0 Å². The topological polar surface area (TPSA) is 93.7 Å². The van der Waals surface area contributed by atoms with E-state index in [0.717, 1.165) is 16.9 Å². The highest BCUT2D eigenvalue weighted by Gasteiger charge is 2.23. The van der Waals surface area contributed by atoms with Crippen LogP contribution in [0.4, 0.5) is 10.7 Å². The standard InChI is InChI=1S/C20H24N2O5S/c1-5-16-12(3)18(20(25)26-6-2)19(28-16)22-17(24)11-27-15-9-7-8-14(10-15)21-13(4)23/h7-10H,5-6,11H2,1-4H3,(H,21,23)(H,22,24). The van der Waals surface area contributed by atoms with E-state index in [2.05, 4.69) is 10.6 Å². The quantitative estimate of drug-likeness (QED) is 0.653. The van der Waals surface area contributed by atoms with E-state index in [9.17, 15) is 14.4 Å². The second-order valence-corrected chi connectivity index (χ2v) is 7.08. The fourth-order valence-corrected chi connectivity index (χ4v) is 3.76. The Morgan fingerprint density at radius 3 is 2.54 bits per heavy atom. The molecular weight excluding hydrogens is 380 g/mol. The molecule has 0 aliphatic rings. The second-order valence-electron chi connectivity index (χ2n) is 5.97. The van der Waals surface area contributed by atoms with Crippen LogP contribution in [0.3, 0.4) is 0 Å². The molecule has 0 bridgehead atoms. The molecule has 28 heavy (non-hydrogen) atoms. The monoisotopic (exact) mass is 404 g/mol. The van der Waals surface area contributed by atoms with Gasteiger partial charge in [-0.25, -0.2) is 4.79 Å². The van der Waals surface area contributed by atoms with E-state index >= 15 is 0 Å². The average molecular weight is 404 g/mol. The van der Waals surface area contributed by atoms with Gasteiger partial charge >= 0.3 is 5.97 Å². The number of carbonyl (C=O) groups excluding carboxylic acids is 3. The number of amides is 2. The minimum atomic E-state index is -0.449. The molecule has 2 rings (SSSR count). The fourth-order valence-electron chi connectivity index (χ4n) is 2.61. The van der Waals surface area contributed by atoms with E-state index in [1.165, 1.54) is 18.3 Å². The van der Waals surface area contributed by atoms with Gasteiger partial charge in [-0.05, 0) is 38.0 Å². The molecule has 0 aliphatic carbocycles. The van der Waals surface area contributed by atoms with Gasteiger partial charge in [0.2, 0.25) is 5.91 Å². The third kappa shape index (κ3) is 5.56. The summed E-state index contributed by atoms with van der Waals surface area (Å²) in [6.45, 7) is 7.02. The predicted octanol–water partition coefficient (Wildman–Crippen LogP) is 3.77. The SMILES string of the molecule is CCOC(=O)c1c(NC(=O)COc2cccc(NC(C)=O)c2)sc(CC)c1C. The summed E-state index contributed by atoms with van der Waals surface area (Å²) in [6, 6.07) is 6.75. The summed E-state index contributed by atoms with van der Waals surface area (Å²) in [6.07, 6.45) is 0.755. The molecule has 1 aromatic carbocycles. The van der Waals surface area contributed by atoms with Crippen molar-refractivity contribution in [2.75, 3.05) is 23.8 Å².